The Morgan fingerprint density at radius 1 is 1.00 bits per heavy atom. The van der Waals surface area contributed by atoms with Gasteiger partial charge in [0.15, 0.2) is 5.70 Å². The molecule has 0 radical (unpaired) electrons. The van der Waals surface area contributed by atoms with Gasteiger partial charge >= 0.3 is 5.97 Å². The van der Waals surface area contributed by atoms with Crippen LogP contribution in [0.2, 0.25) is 0 Å². The van der Waals surface area contributed by atoms with Crippen molar-refractivity contribution >= 4 is 23.6 Å². The van der Waals surface area contributed by atoms with E-state index < -0.39 is 10.9 Å². The van der Waals surface area contributed by atoms with E-state index in [9.17, 15) is 19.3 Å². The summed E-state index contributed by atoms with van der Waals surface area (Å²) in [6, 6.07) is 18.7. The third-order valence-corrected chi connectivity index (χ3v) is 4.45. The second-order valence-corrected chi connectivity index (χ2v) is 6.62. The smallest absolute Gasteiger partial charge is 0.363 e. The number of nitrogens with zero attached hydrogens (tertiary/aromatic N) is 2. The Morgan fingerprint density at radius 3 is 2.32 bits per heavy atom. The summed E-state index contributed by atoms with van der Waals surface area (Å²) in [7, 11) is 0. The molecule has 0 aromatic heterocycles. The third-order valence-electron chi connectivity index (χ3n) is 4.45. The van der Waals surface area contributed by atoms with Crippen molar-refractivity contribution < 1.29 is 23.6 Å². The molecular formula is C23H15FN2O5. The van der Waals surface area contributed by atoms with Crippen LogP contribution < -0.4 is 4.74 Å². The first kappa shape index (κ1) is 20.0. The van der Waals surface area contributed by atoms with Crippen LogP contribution >= 0.6 is 0 Å². The molecule has 0 spiro atoms. The molecular weight excluding hydrogens is 403 g/mol. The number of cyclic esters (lactones) is 1. The van der Waals surface area contributed by atoms with Gasteiger partial charge in [0.2, 0.25) is 5.90 Å². The van der Waals surface area contributed by atoms with E-state index in [4.69, 9.17) is 9.47 Å². The standard InChI is InChI=1S/C23H15FN2O5/c24-18-7-1-16(2-8-18)14-30-20-11-3-15(4-12-20)13-21-23(27)31-22(25-21)17-5-9-19(10-6-17)26(28)29/h1-13H,14H2/b21-13-. The van der Waals surface area contributed by atoms with Gasteiger partial charge in [0.1, 0.15) is 18.2 Å². The van der Waals surface area contributed by atoms with Crippen LogP contribution in [0.15, 0.2) is 83.5 Å². The molecule has 0 aliphatic carbocycles. The molecule has 3 aromatic rings. The Bertz CT molecular complexity index is 1180. The average Bonchev–Trinajstić information content (AvgIpc) is 3.14. The molecule has 0 saturated carbocycles. The van der Waals surface area contributed by atoms with E-state index in [1.807, 2.05) is 0 Å². The molecule has 1 aliphatic heterocycles. The fourth-order valence-corrected chi connectivity index (χ4v) is 2.82. The quantitative estimate of drug-likeness (QED) is 0.251. The van der Waals surface area contributed by atoms with Gasteiger partial charge in [0.05, 0.1) is 4.92 Å². The number of ether oxygens (including phenoxy) is 2. The van der Waals surface area contributed by atoms with Crippen LogP contribution in [0.25, 0.3) is 6.08 Å². The van der Waals surface area contributed by atoms with Gasteiger partial charge in [-0.3, -0.25) is 10.1 Å². The average molecular weight is 418 g/mol. The number of benzene rings is 3. The highest BCUT2D eigenvalue weighted by molar-refractivity contribution is 6.12. The second-order valence-electron chi connectivity index (χ2n) is 6.62. The Hall–Kier alpha value is -4.33. The third kappa shape index (κ3) is 4.81. The van der Waals surface area contributed by atoms with Crippen molar-refractivity contribution in [3.8, 4) is 5.75 Å². The maximum absolute atomic E-state index is 12.9. The monoisotopic (exact) mass is 418 g/mol. The van der Waals surface area contributed by atoms with E-state index in [0.29, 0.717) is 17.9 Å². The number of esters is 1. The number of hydrogen-bond donors (Lipinski definition) is 0. The second kappa shape index (κ2) is 8.58. The number of halogens is 1. The fraction of sp³-hybridized carbons (Fsp3) is 0.0435. The van der Waals surface area contributed by atoms with E-state index in [-0.39, 0.29) is 23.1 Å². The maximum atomic E-state index is 12.9. The number of carbonyl (C=O) groups is 1. The van der Waals surface area contributed by atoms with Crippen molar-refractivity contribution in [2.45, 2.75) is 6.61 Å². The van der Waals surface area contributed by atoms with E-state index in [1.165, 1.54) is 36.4 Å². The topological polar surface area (TPSA) is 91.0 Å². The van der Waals surface area contributed by atoms with Crippen LogP contribution in [0.5, 0.6) is 5.75 Å². The summed E-state index contributed by atoms with van der Waals surface area (Å²) in [5.41, 5.74) is 2.08. The lowest BCUT2D eigenvalue weighted by Crippen LogP contribution is -2.05. The van der Waals surface area contributed by atoms with Gasteiger partial charge in [0, 0.05) is 17.7 Å². The highest BCUT2D eigenvalue weighted by atomic mass is 19.1. The van der Waals surface area contributed by atoms with Crippen LogP contribution in [0, 0.1) is 15.9 Å². The molecule has 1 heterocycles. The minimum atomic E-state index is -0.606. The maximum Gasteiger partial charge on any atom is 0.363 e. The zero-order valence-corrected chi connectivity index (χ0v) is 16.0. The minimum Gasteiger partial charge on any atom is -0.489 e. The Morgan fingerprint density at radius 2 is 1.68 bits per heavy atom. The number of hydrogen-bond acceptors (Lipinski definition) is 6. The molecule has 7 nitrogen and oxygen atoms in total. The van der Waals surface area contributed by atoms with Gasteiger partial charge in [-0.25, -0.2) is 14.2 Å². The van der Waals surface area contributed by atoms with Crippen LogP contribution in [-0.2, 0) is 16.1 Å². The van der Waals surface area contributed by atoms with E-state index >= 15 is 0 Å². The van der Waals surface area contributed by atoms with Crippen molar-refractivity contribution in [2.24, 2.45) is 4.99 Å². The summed E-state index contributed by atoms with van der Waals surface area (Å²) in [5.74, 6) is -0.197. The van der Waals surface area contributed by atoms with E-state index in [0.717, 1.165) is 11.1 Å². The van der Waals surface area contributed by atoms with Gasteiger partial charge in [0.25, 0.3) is 5.69 Å². The first-order chi connectivity index (χ1) is 15.0. The number of non-ortho nitro benzene ring substituents is 1. The van der Waals surface area contributed by atoms with Gasteiger partial charge < -0.3 is 9.47 Å². The van der Waals surface area contributed by atoms with E-state index in [2.05, 4.69) is 4.99 Å². The zero-order valence-electron chi connectivity index (χ0n) is 16.0. The fourth-order valence-electron chi connectivity index (χ4n) is 2.82. The molecule has 0 unspecified atom stereocenters. The lowest BCUT2D eigenvalue weighted by molar-refractivity contribution is -0.384. The van der Waals surface area contributed by atoms with Crippen molar-refractivity contribution in [1.29, 1.82) is 0 Å². The van der Waals surface area contributed by atoms with Crippen LogP contribution in [0.3, 0.4) is 0 Å². The largest absolute Gasteiger partial charge is 0.489 e. The van der Waals surface area contributed by atoms with Gasteiger partial charge in [-0.15, -0.1) is 0 Å². The van der Waals surface area contributed by atoms with Crippen molar-refractivity contribution in [3.05, 3.63) is 111 Å². The summed E-state index contributed by atoms with van der Waals surface area (Å²) in [6.07, 6.45) is 1.57. The Kier molecular flexibility index (Phi) is 5.53. The molecule has 0 N–H and O–H groups in total. The molecule has 0 atom stereocenters. The summed E-state index contributed by atoms with van der Waals surface area (Å²) in [6.45, 7) is 0.302. The van der Waals surface area contributed by atoms with Crippen LogP contribution in [0.1, 0.15) is 16.7 Å². The highest BCUT2D eigenvalue weighted by Crippen LogP contribution is 2.22. The van der Waals surface area contributed by atoms with Crippen molar-refractivity contribution in [3.63, 3.8) is 0 Å². The molecule has 154 valence electrons. The zero-order chi connectivity index (χ0) is 21.8. The summed E-state index contributed by atoms with van der Waals surface area (Å²) in [4.78, 5) is 26.6. The van der Waals surface area contributed by atoms with Crippen molar-refractivity contribution in [1.82, 2.24) is 0 Å². The number of rotatable bonds is 6. The molecule has 0 saturated heterocycles. The Balaban J connectivity index is 1.44. The van der Waals surface area contributed by atoms with Gasteiger partial charge in [-0.05, 0) is 53.6 Å². The number of nitro benzene ring substituents is 1. The molecule has 0 amide bonds. The SMILES string of the molecule is O=C1OC(c2ccc([N+](=O)[O-])cc2)=N/C1=C\c1ccc(OCc2ccc(F)cc2)cc1. The first-order valence-corrected chi connectivity index (χ1v) is 9.23. The molecule has 3 aromatic carbocycles. The minimum absolute atomic E-state index is 0.0637. The normalized spacial score (nSPS) is 14.3. The van der Waals surface area contributed by atoms with Crippen molar-refractivity contribution in [2.75, 3.05) is 0 Å². The molecule has 31 heavy (non-hydrogen) atoms. The number of carbonyl (C=O) groups excluding carboxylic acids is 1. The number of aliphatic imine (C=N–C) groups is 1. The van der Waals surface area contributed by atoms with Gasteiger partial charge in [-0.1, -0.05) is 24.3 Å². The summed E-state index contributed by atoms with van der Waals surface area (Å²) in [5, 5.41) is 10.7. The van der Waals surface area contributed by atoms with Gasteiger partial charge in [-0.2, -0.15) is 0 Å². The predicted octanol–water partition coefficient (Wildman–Crippen LogP) is 4.66. The molecule has 8 heteroatoms. The molecule has 1 aliphatic rings. The highest BCUT2D eigenvalue weighted by Gasteiger charge is 2.24. The Labute approximate surface area is 176 Å². The summed E-state index contributed by atoms with van der Waals surface area (Å²) >= 11 is 0. The lowest BCUT2D eigenvalue weighted by atomic mass is 10.2. The lowest BCUT2D eigenvalue weighted by Gasteiger charge is -2.06. The van der Waals surface area contributed by atoms with Crippen LogP contribution in [0.4, 0.5) is 10.1 Å². The number of nitro groups is 1. The summed E-state index contributed by atoms with van der Waals surface area (Å²) < 4.78 is 23.8. The van der Waals surface area contributed by atoms with E-state index in [1.54, 1.807) is 42.5 Å². The predicted molar refractivity (Wildman–Crippen MR) is 111 cm³/mol. The first-order valence-electron chi connectivity index (χ1n) is 9.23. The molecule has 4 rings (SSSR count). The van der Waals surface area contributed by atoms with Crippen LogP contribution in [-0.4, -0.2) is 16.8 Å². The molecule has 0 fully saturated rings. The molecule has 0 bridgehead atoms.